The van der Waals surface area contributed by atoms with E-state index in [0.717, 1.165) is 16.9 Å². The van der Waals surface area contributed by atoms with Crippen molar-refractivity contribution in [2.45, 2.75) is 18.2 Å². The molecule has 3 heterocycles. The Morgan fingerprint density at radius 2 is 1.97 bits per heavy atom. The quantitative estimate of drug-likeness (QED) is 0.373. The number of carbonyl (C=O) groups is 1. The number of rotatable bonds is 8. The van der Waals surface area contributed by atoms with Gasteiger partial charge in [0.05, 0.1) is 23.6 Å². The summed E-state index contributed by atoms with van der Waals surface area (Å²) >= 11 is 7.69. The summed E-state index contributed by atoms with van der Waals surface area (Å²) < 4.78 is 18.1. The molecule has 4 aromatic rings. The van der Waals surface area contributed by atoms with Crippen LogP contribution in [0, 0.1) is 0 Å². The molecule has 8 nitrogen and oxygen atoms in total. The molecule has 33 heavy (non-hydrogen) atoms. The number of thioether (sulfide) groups is 1. The SMILES string of the molecule is O=C(CSc1nnc(-c2ccccc2Cl)n1Cc1ccco1)NCc1ccc2c(c1)OCO2. The van der Waals surface area contributed by atoms with Crippen molar-refractivity contribution in [1.29, 1.82) is 0 Å². The first kappa shape index (κ1) is 21.4. The van der Waals surface area contributed by atoms with Gasteiger partial charge in [0.1, 0.15) is 5.76 Å². The average molecular weight is 483 g/mol. The van der Waals surface area contributed by atoms with E-state index in [-0.39, 0.29) is 18.5 Å². The monoisotopic (exact) mass is 482 g/mol. The Balaban J connectivity index is 1.27. The Bertz CT molecular complexity index is 1280. The highest BCUT2D eigenvalue weighted by atomic mass is 35.5. The fourth-order valence-electron chi connectivity index (χ4n) is 3.37. The van der Waals surface area contributed by atoms with Crippen molar-refractivity contribution < 1.29 is 18.7 Å². The first-order valence-electron chi connectivity index (χ1n) is 10.2. The molecule has 0 aliphatic carbocycles. The van der Waals surface area contributed by atoms with Gasteiger partial charge in [0.25, 0.3) is 0 Å². The summed E-state index contributed by atoms with van der Waals surface area (Å²) in [6.45, 7) is 1.03. The summed E-state index contributed by atoms with van der Waals surface area (Å²) in [6.07, 6.45) is 1.62. The molecule has 2 aromatic carbocycles. The van der Waals surface area contributed by atoms with Crippen molar-refractivity contribution >= 4 is 29.3 Å². The molecule has 2 aromatic heterocycles. The Labute approximate surface area is 198 Å². The van der Waals surface area contributed by atoms with Crippen LogP contribution in [0.5, 0.6) is 11.5 Å². The number of aromatic nitrogens is 3. The second-order valence-corrected chi connectivity index (χ2v) is 8.55. The van der Waals surface area contributed by atoms with Crippen LogP contribution in [-0.4, -0.2) is 33.2 Å². The van der Waals surface area contributed by atoms with E-state index in [4.69, 9.17) is 25.5 Å². The number of carbonyl (C=O) groups excluding carboxylic acids is 1. The van der Waals surface area contributed by atoms with Crippen LogP contribution in [0.1, 0.15) is 11.3 Å². The van der Waals surface area contributed by atoms with E-state index in [2.05, 4.69) is 15.5 Å². The molecule has 0 atom stereocenters. The number of hydrogen-bond acceptors (Lipinski definition) is 7. The van der Waals surface area contributed by atoms with Gasteiger partial charge >= 0.3 is 0 Å². The number of nitrogens with zero attached hydrogens (tertiary/aromatic N) is 3. The van der Waals surface area contributed by atoms with Gasteiger partial charge in [0, 0.05) is 12.1 Å². The second-order valence-electron chi connectivity index (χ2n) is 7.20. The number of halogens is 1. The van der Waals surface area contributed by atoms with E-state index in [1.54, 1.807) is 12.3 Å². The molecule has 0 saturated carbocycles. The summed E-state index contributed by atoms with van der Waals surface area (Å²) in [6, 6.07) is 16.8. The molecule has 1 N–H and O–H groups in total. The van der Waals surface area contributed by atoms with Gasteiger partial charge in [0.2, 0.25) is 12.7 Å². The largest absolute Gasteiger partial charge is 0.467 e. The van der Waals surface area contributed by atoms with Crippen LogP contribution >= 0.6 is 23.4 Å². The van der Waals surface area contributed by atoms with E-state index in [1.807, 2.05) is 53.1 Å². The standard InChI is InChI=1S/C23H19ClN4O4S/c24-18-6-2-1-5-17(18)22-26-27-23(28(22)12-16-4-3-9-30-16)33-13-21(29)25-11-15-7-8-19-20(10-15)32-14-31-19/h1-10H,11-14H2,(H,25,29). The molecule has 168 valence electrons. The molecule has 1 amide bonds. The fraction of sp³-hybridized carbons (Fsp3) is 0.174. The molecular weight excluding hydrogens is 464 g/mol. The smallest absolute Gasteiger partial charge is 0.231 e. The lowest BCUT2D eigenvalue weighted by atomic mass is 10.2. The first-order chi connectivity index (χ1) is 16.2. The maximum Gasteiger partial charge on any atom is 0.231 e. The molecule has 0 unspecified atom stereocenters. The van der Waals surface area contributed by atoms with Crippen molar-refractivity contribution in [2.75, 3.05) is 12.5 Å². The second kappa shape index (κ2) is 9.60. The van der Waals surface area contributed by atoms with E-state index >= 15 is 0 Å². The Hall–Kier alpha value is -3.43. The minimum absolute atomic E-state index is 0.121. The normalized spacial score (nSPS) is 12.2. The highest BCUT2D eigenvalue weighted by Gasteiger charge is 2.19. The van der Waals surface area contributed by atoms with Gasteiger partial charge < -0.3 is 19.2 Å². The third-order valence-corrected chi connectivity index (χ3v) is 6.28. The van der Waals surface area contributed by atoms with Crippen molar-refractivity contribution in [3.63, 3.8) is 0 Å². The van der Waals surface area contributed by atoms with Gasteiger partial charge in [-0.1, -0.05) is 41.6 Å². The fourth-order valence-corrected chi connectivity index (χ4v) is 4.36. The predicted molar refractivity (Wildman–Crippen MR) is 123 cm³/mol. The molecule has 0 bridgehead atoms. The van der Waals surface area contributed by atoms with Gasteiger partial charge in [-0.3, -0.25) is 9.36 Å². The van der Waals surface area contributed by atoms with Crippen LogP contribution in [0.15, 0.2) is 70.4 Å². The number of hydrogen-bond donors (Lipinski definition) is 1. The lowest BCUT2D eigenvalue weighted by Crippen LogP contribution is -2.24. The van der Waals surface area contributed by atoms with Crippen LogP contribution in [-0.2, 0) is 17.9 Å². The van der Waals surface area contributed by atoms with Crippen molar-refractivity contribution in [3.05, 3.63) is 77.2 Å². The lowest BCUT2D eigenvalue weighted by molar-refractivity contribution is -0.118. The van der Waals surface area contributed by atoms with Gasteiger partial charge in [-0.05, 0) is 42.0 Å². The topological polar surface area (TPSA) is 91.4 Å². The summed E-state index contributed by atoms with van der Waals surface area (Å²) in [7, 11) is 0. The molecule has 5 rings (SSSR count). The molecule has 0 radical (unpaired) electrons. The van der Waals surface area contributed by atoms with Gasteiger partial charge in [-0.25, -0.2) is 0 Å². The van der Waals surface area contributed by atoms with Crippen LogP contribution < -0.4 is 14.8 Å². The molecule has 1 aliphatic heterocycles. The summed E-state index contributed by atoms with van der Waals surface area (Å²) in [5, 5.41) is 12.7. The average Bonchev–Trinajstić information content (AvgIpc) is 3.58. The highest BCUT2D eigenvalue weighted by molar-refractivity contribution is 7.99. The zero-order chi connectivity index (χ0) is 22.6. The predicted octanol–water partition coefficient (Wildman–Crippen LogP) is 4.38. The molecular formula is C23H19ClN4O4S. The van der Waals surface area contributed by atoms with Gasteiger partial charge in [-0.15, -0.1) is 10.2 Å². The maximum atomic E-state index is 12.5. The minimum Gasteiger partial charge on any atom is -0.467 e. The summed E-state index contributed by atoms with van der Waals surface area (Å²) in [4.78, 5) is 12.5. The number of fused-ring (bicyclic) bond motifs is 1. The lowest BCUT2D eigenvalue weighted by Gasteiger charge is -2.10. The van der Waals surface area contributed by atoms with Crippen molar-refractivity contribution in [2.24, 2.45) is 0 Å². The van der Waals surface area contributed by atoms with E-state index in [1.165, 1.54) is 11.8 Å². The first-order valence-corrected chi connectivity index (χ1v) is 11.5. The van der Waals surface area contributed by atoms with Crippen LogP contribution in [0.25, 0.3) is 11.4 Å². The number of nitrogens with one attached hydrogen (secondary N) is 1. The van der Waals surface area contributed by atoms with Crippen molar-refractivity contribution in [1.82, 2.24) is 20.1 Å². The van der Waals surface area contributed by atoms with Crippen LogP contribution in [0.3, 0.4) is 0 Å². The summed E-state index contributed by atoms with van der Waals surface area (Å²) in [5.74, 6) is 2.82. The van der Waals surface area contributed by atoms with Crippen LogP contribution in [0.4, 0.5) is 0 Å². The van der Waals surface area contributed by atoms with E-state index in [9.17, 15) is 4.79 Å². The van der Waals surface area contributed by atoms with Crippen LogP contribution in [0.2, 0.25) is 5.02 Å². The molecule has 10 heteroatoms. The highest BCUT2D eigenvalue weighted by Crippen LogP contribution is 2.33. The Kier molecular flexibility index (Phi) is 6.23. The number of amides is 1. The maximum absolute atomic E-state index is 12.5. The minimum atomic E-state index is -0.121. The van der Waals surface area contributed by atoms with Gasteiger partial charge in [0.15, 0.2) is 22.5 Å². The van der Waals surface area contributed by atoms with Gasteiger partial charge in [-0.2, -0.15) is 0 Å². The number of ether oxygens (including phenoxy) is 2. The molecule has 0 saturated heterocycles. The third kappa shape index (κ3) is 4.84. The zero-order valence-corrected chi connectivity index (χ0v) is 18.9. The number of furan rings is 1. The Morgan fingerprint density at radius 3 is 2.82 bits per heavy atom. The molecule has 0 spiro atoms. The van der Waals surface area contributed by atoms with E-state index < -0.39 is 0 Å². The third-order valence-electron chi connectivity index (χ3n) is 4.98. The molecule has 1 aliphatic rings. The Morgan fingerprint density at radius 1 is 1.09 bits per heavy atom. The zero-order valence-electron chi connectivity index (χ0n) is 17.4. The molecule has 0 fully saturated rings. The summed E-state index contributed by atoms with van der Waals surface area (Å²) in [5.41, 5.74) is 1.69. The number of benzene rings is 2. The van der Waals surface area contributed by atoms with E-state index in [0.29, 0.717) is 40.6 Å². The van der Waals surface area contributed by atoms with Crippen molar-refractivity contribution in [3.8, 4) is 22.9 Å².